The molecular weight excluding hydrogens is 341 g/mol. The average Bonchev–Trinajstić information content (AvgIpc) is 3.37. The van der Waals surface area contributed by atoms with Crippen molar-refractivity contribution >= 4 is 11.8 Å². The van der Waals surface area contributed by atoms with E-state index in [2.05, 4.69) is 14.8 Å². The Bertz CT molecular complexity index is 695. The zero-order valence-corrected chi connectivity index (χ0v) is 14.9. The summed E-state index contributed by atoms with van der Waals surface area (Å²) in [5.41, 5.74) is 0.871. The van der Waals surface area contributed by atoms with Gasteiger partial charge in [0.1, 0.15) is 5.82 Å². The lowest BCUT2D eigenvalue weighted by Crippen LogP contribution is -2.17. The maximum absolute atomic E-state index is 13.2. The number of thioether (sulfide) groups is 1. The minimum atomic E-state index is -0.248. The third-order valence-electron chi connectivity index (χ3n) is 4.65. The summed E-state index contributed by atoms with van der Waals surface area (Å²) in [6.07, 6.45) is 4.88. The molecule has 2 fully saturated rings. The van der Waals surface area contributed by atoms with Crippen LogP contribution in [0, 0.1) is 5.82 Å². The molecule has 7 heteroatoms. The fourth-order valence-corrected chi connectivity index (χ4v) is 4.32. The van der Waals surface area contributed by atoms with Crippen LogP contribution in [0.1, 0.15) is 25.7 Å². The molecule has 25 heavy (non-hydrogen) atoms. The Morgan fingerprint density at radius 2 is 1.76 bits per heavy atom. The molecule has 0 bridgehead atoms. The molecule has 2 saturated heterocycles. The van der Waals surface area contributed by atoms with Crippen LogP contribution in [-0.4, -0.2) is 45.9 Å². The van der Waals surface area contributed by atoms with Crippen molar-refractivity contribution < 1.29 is 13.9 Å². The Morgan fingerprint density at radius 1 is 1.04 bits per heavy atom. The topological polar surface area (TPSA) is 49.2 Å². The molecule has 0 aliphatic carbocycles. The van der Waals surface area contributed by atoms with E-state index in [-0.39, 0.29) is 11.9 Å². The molecule has 0 N–H and O–H groups in total. The van der Waals surface area contributed by atoms with Crippen LogP contribution in [0.3, 0.4) is 0 Å². The predicted octanol–water partition coefficient (Wildman–Crippen LogP) is 3.53. The van der Waals surface area contributed by atoms with Crippen LogP contribution in [0.4, 0.5) is 4.39 Å². The van der Waals surface area contributed by atoms with Crippen LogP contribution >= 0.6 is 11.8 Å². The average molecular weight is 363 g/mol. The molecule has 1 aromatic heterocycles. The van der Waals surface area contributed by atoms with Crippen molar-refractivity contribution in [2.24, 2.45) is 0 Å². The lowest BCUT2D eigenvalue weighted by atomic mass is 10.2. The van der Waals surface area contributed by atoms with Gasteiger partial charge in [-0.1, -0.05) is 11.8 Å². The molecular formula is C18H22FN3O2S. The Morgan fingerprint density at radius 3 is 2.44 bits per heavy atom. The van der Waals surface area contributed by atoms with E-state index in [9.17, 15) is 4.39 Å². The van der Waals surface area contributed by atoms with Crippen molar-refractivity contribution in [3.8, 4) is 11.4 Å². The molecule has 3 heterocycles. The highest BCUT2D eigenvalue weighted by atomic mass is 32.2. The summed E-state index contributed by atoms with van der Waals surface area (Å²) in [7, 11) is 0. The summed E-state index contributed by atoms with van der Waals surface area (Å²) < 4.78 is 26.9. The molecule has 2 aliphatic heterocycles. The summed E-state index contributed by atoms with van der Waals surface area (Å²) in [6.45, 7) is 2.40. The molecule has 2 aliphatic rings. The quantitative estimate of drug-likeness (QED) is 0.735. The van der Waals surface area contributed by atoms with Gasteiger partial charge >= 0.3 is 0 Å². The van der Waals surface area contributed by atoms with E-state index < -0.39 is 0 Å². The van der Waals surface area contributed by atoms with E-state index in [1.807, 2.05) is 0 Å². The Hall–Kier alpha value is -1.44. The second-order valence-electron chi connectivity index (χ2n) is 6.50. The lowest BCUT2D eigenvalue weighted by Gasteiger charge is -2.15. The summed E-state index contributed by atoms with van der Waals surface area (Å²) in [5.74, 6) is 1.40. The van der Waals surface area contributed by atoms with E-state index in [4.69, 9.17) is 9.47 Å². The van der Waals surface area contributed by atoms with Crippen molar-refractivity contribution in [1.29, 1.82) is 0 Å². The van der Waals surface area contributed by atoms with Crippen LogP contribution in [0.15, 0.2) is 29.4 Å². The fourth-order valence-electron chi connectivity index (χ4n) is 3.31. The van der Waals surface area contributed by atoms with Crippen molar-refractivity contribution in [2.75, 3.05) is 19.0 Å². The van der Waals surface area contributed by atoms with Crippen molar-refractivity contribution in [2.45, 2.75) is 49.6 Å². The van der Waals surface area contributed by atoms with E-state index in [1.54, 1.807) is 23.9 Å². The largest absolute Gasteiger partial charge is 0.377 e. The first-order chi connectivity index (χ1) is 12.3. The molecule has 0 radical (unpaired) electrons. The van der Waals surface area contributed by atoms with Crippen LogP contribution in [-0.2, 0) is 16.0 Å². The second-order valence-corrected chi connectivity index (χ2v) is 7.49. The van der Waals surface area contributed by atoms with Gasteiger partial charge in [0.2, 0.25) is 0 Å². The monoisotopic (exact) mass is 363 g/mol. The second kappa shape index (κ2) is 7.85. The molecule has 0 saturated carbocycles. The van der Waals surface area contributed by atoms with Crippen molar-refractivity contribution in [1.82, 2.24) is 14.8 Å². The number of ether oxygens (including phenoxy) is 2. The molecule has 2 atom stereocenters. The number of nitrogens with zero attached hydrogens (tertiary/aromatic N) is 3. The van der Waals surface area contributed by atoms with E-state index in [0.717, 1.165) is 67.7 Å². The Labute approximate surface area is 150 Å². The summed E-state index contributed by atoms with van der Waals surface area (Å²) in [6, 6.07) is 6.42. The van der Waals surface area contributed by atoms with Gasteiger partial charge in [-0.2, -0.15) is 0 Å². The Balaban J connectivity index is 1.57. The molecule has 5 nitrogen and oxygen atoms in total. The van der Waals surface area contributed by atoms with Gasteiger partial charge in [-0.3, -0.25) is 4.57 Å². The zero-order chi connectivity index (χ0) is 17.1. The molecule has 0 spiro atoms. The van der Waals surface area contributed by atoms with Gasteiger partial charge in [0.15, 0.2) is 11.0 Å². The van der Waals surface area contributed by atoms with E-state index in [0.29, 0.717) is 6.10 Å². The summed E-state index contributed by atoms with van der Waals surface area (Å²) in [5, 5.41) is 9.65. The van der Waals surface area contributed by atoms with Gasteiger partial charge in [0.05, 0.1) is 18.8 Å². The summed E-state index contributed by atoms with van der Waals surface area (Å²) >= 11 is 1.68. The summed E-state index contributed by atoms with van der Waals surface area (Å²) in [4.78, 5) is 0. The molecule has 2 aromatic rings. The minimum absolute atomic E-state index is 0.192. The first-order valence-electron chi connectivity index (χ1n) is 8.85. The smallest absolute Gasteiger partial charge is 0.191 e. The predicted molar refractivity (Wildman–Crippen MR) is 94.1 cm³/mol. The number of hydrogen-bond donors (Lipinski definition) is 0. The number of hydrogen-bond acceptors (Lipinski definition) is 5. The molecule has 0 unspecified atom stereocenters. The highest BCUT2D eigenvalue weighted by Crippen LogP contribution is 2.28. The number of aromatic nitrogens is 3. The van der Waals surface area contributed by atoms with Crippen molar-refractivity contribution in [3.05, 3.63) is 30.1 Å². The molecule has 4 rings (SSSR count). The first-order valence-corrected chi connectivity index (χ1v) is 9.83. The van der Waals surface area contributed by atoms with Crippen LogP contribution in [0.2, 0.25) is 0 Å². The lowest BCUT2D eigenvalue weighted by molar-refractivity contribution is 0.0953. The van der Waals surface area contributed by atoms with Gasteiger partial charge < -0.3 is 9.47 Å². The van der Waals surface area contributed by atoms with Gasteiger partial charge in [-0.15, -0.1) is 10.2 Å². The normalized spacial score (nSPS) is 23.4. The highest BCUT2D eigenvalue weighted by Gasteiger charge is 2.23. The van der Waals surface area contributed by atoms with Gasteiger partial charge in [0, 0.05) is 24.5 Å². The minimum Gasteiger partial charge on any atom is -0.377 e. The molecule has 0 amide bonds. The standard InChI is InChI=1S/C18H22FN3O2S/c19-14-7-5-13(6-8-14)17-20-21-18(25-12-16-4-2-10-24-16)22(17)11-15-3-1-9-23-15/h5-8,15-16H,1-4,9-12H2/t15-,16-/m0/s1. The Kier molecular flexibility index (Phi) is 5.33. The number of rotatable bonds is 6. The number of halogens is 1. The fraction of sp³-hybridized carbons (Fsp3) is 0.556. The number of benzene rings is 1. The SMILES string of the molecule is Fc1ccc(-c2nnc(SC[C@@H]3CCCO3)n2C[C@@H]2CCCO2)cc1. The van der Waals surface area contributed by atoms with Gasteiger partial charge in [-0.25, -0.2) is 4.39 Å². The third-order valence-corrected chi connectivity index (χ3v) is 5.75. The van der Waals surface area contributed by atoms with Crippen LogP contribution in [0.5, 0.6) is 0 Å². The third kappa shape index (κ3) is 4.04. The first kappa shape index (κ1) is 17.0. The van der Waals surface area contributed by atoms with Crippen molar-refractivity contribution in [3.63, 3.8) is 0 Å². The highest BCUT2D eigenvalue weighted by molar-refractivity contribution is 7.99. The maximum Gasteiger partial charge on any atom is 0.191 e. The molecule has 1 aromatic carbocycles. The van der Waals surface area contributed by atoms with Gasteiger partial charge in [-0.05, 0) is 49.9 Å². The van der Waals surface area contributed by atoms with Crippen LogP contribution < -0.4 is 0 Å². The van der Waals surface area contributed by atoms with E-state index in [1.165, 1.54) is 12.1 Å². The van der Waals surface area contributed by atoms with Gasteiger partial charge in [0.25, 0.3) is 0 Å². The maximum atomic E-state index is 13.2. The molecule has 134 valence electrons. The van der Waals surface area contributed by atoms with Crippen LogP contribution in [0.25, 0.3) is 11.4 Å². The zero-order valence-electron chi connectivity index (χ0n) is 14.1. The van der Waals surface area contributed by atoms with E-state index >= 15 is 0 Å².